The van der Waals surface area contributed by atoms with Crippen LogP contribution in [0.5, 0.6) is 0 Å². The number of piperazine rings is 1. The highest BCUT2D eigenvalue weighted by Gasteiger charge is 2.27. The number of benzene rings is 5. The number of nitrogens with zero attached hydrogens (tertiary/aromatic N) is 18. The third-order valence-corrected chi connectivity index (χ3v) is 28.6. The predicted octanol–water partition coefficient (Wildman–Crippen LogP) is 9.09. The first kappa shape index (κ1) is 101. The van der Waals surface area contributed by atoms with Crippen LogP contribution in [0, 0.1) is 11.3 Å². The second-order valence-corrected chi connectivity index (χ2v) is 39.6. The van der Waals surface area contributed by atoms with Crippen molar-refractivity contribution >= 4 is 169 Å². The minimum absolute atomic E-state index is 0.0448. The molecule has 742 valence electrons. The number of anilines is 10. The molecule has 0 bridgehead atoms. The number of rotatable bonds is 22. The lowest BCUT2D eigenvalue weighted by molar-refractivity contribution is -0.120. The van der Waals surface area contributed by atoms with Gasteiger partial charge in [-0.1, -0.05) is 106 Å². The molecule has 16 N–H and O–H groups in total. The van der Waals surface area contributed by atoms with Crippen LogP contribution in [0.25, 0.3) is 62.1 Å². The van der Waals surface area contributed by atoms with E-state index in [1.807, 2.05) is 78.9 Å². The van der Waals surface area contributed by atoms with Gasteiger partial charge in [0.1, 0.15) is 54.2 Å². The van der Waals surface area contributed by atoms with Crippen molar-refractivity contribution in [3.8, 4) is 42.3 Å². The predicted molar refractivity (Wildman–Crippen MR) is 563 cm³/mol. The van der Waals surface area contributed by atoms with Gasteiger partial charge in [0.05, 0.1) is 25.2 Å². The van der Waals surface area contributed by atoms with Crippen molar-refractivity contribution in [2.24, 2.45) is 23.1 Å². The summed E-state index contributed by atoms with van der Waals surface area (Å²) in [5.74, 6) is 2.69. The maximum absolute atomic E-state index is 12.7. The molecule has 0 aliphatic carbocycles. The van der Waals surface area contributed by atoms with Crippen molar-refractivity contribution in [2.45, 2.75) is 121 Å². The summed E-state index contributed by atoms with van der Waals surface area (Å²) >= 11 is 6.53. The van der Waals surface area contributed by atoms with Crippen molar-refractivity contribution in [3.05, 3.63) is 209 Å². The summed E-state index contributed by atoms with van der Waals surface area (Å²) in [7, 11) is 1.70. The molecule has 6 aliphatic rings. The van der Waals surface area contributed by atoms with Gasteiger partial charge in [-0.3, -0.25) is 53.4 Å². The summed E-state index contributed by atoms with van der Waals surface area (Å²) in [4.78, 5) is 161. The number of fused-ring (bicyclic) bond motifs is 4. The summed E-state index contributed by atoms with van der Waals surface area (Å²) < 4.78 is 5.37. The molecule has 20 rings (SSSR count). The number of carbonyl (C=O) groups excluding carboxylic acids is 5. The molecule has 6 saturated heterocycles. The fraction of sp³-hybridized carbons (Fsp3) is 0.375. The number of thioether (sulfide) groups is 1. The molecule has 2 atom stereocenters. The van der Waals surface area contributed by atoms with Crippen LogP contribution in [-0.2, 0) is 24.0 Å². The van der Waals surface area contributed by atoms with Crippen molar-refractivity contribution in [1.29, 1.82) is 5.41 Å². The maximum atomic E-state index is 12.7. The van der Waals surface area contributed by atoms with Gasteiger partial charge >= 0.3 is 0 Å². The fourth-order valence-electron chi connectivity index (χ4n) is 16.6. The highest BCUT2D eigenvalue weighted by Crippen LogP contribution is 2.35. The Morgan fingerprint density at radius 2 is 0.732 bits per heavy atom. The third-order valence-electron chi connectivity index (χ3n) is 24.0. The molecule has 142 heavy (non-hydrogen) atoms. The van der Waals surface area contributed by atoms with E-state index in [2.05, 4.69) is 112 Å². The van der Waals surface area contributed by atoms with Crippen LogP contribution in [0.1, 0.15) is 109 Å². The Hall–Kier alpha value is -13.8. The number of aromatic nitrogens is 14. The molecule has 0 unspecified atom stereocenters. The molecule has 6 fully saturated rings. The van der Waals surface area contributed by atoms with Gasteiger partial charge in [0.2, 0.25) is 49.4 Å². The number of piperidine rings is 5. The van der Waals surface area contributed by atoms with E-state index in [4.69, 9.17) is 27.6 Å². The Morgan fingerprint density at radius 3 is 1.09 bits per heavy atom. The number of likely N-dealkylation sites (N-methyl/N-ethyl adjacent to an activating group) is 1. The van der Waals surface area contributed by atoms with E-state index in [0.29, 0.717) is 79.2 Å². The third kappa shape index (κ3) is 26.5. The fourth-order valence-corrected chi connectivity index (χ4v) is 20.9. The Labute approximate surface area is 835 Å². The zero-order valence-corrected chi connectivity index (χ0v) is 82.9. The van der Waals surface area contributed by atoms with E-state index in [-0.39, 0.29) is 81.4 Å². The molecule has 5 aromatic carbocycles. The first-order valence-corrected chi connectivity index (χ1v) is 51.5. The molecule has 5 amide bonds. The van der Waals surface area contributed by atoms with E-state index in [1.54, 1.807) is 87.6 Å². The summed E-state index contributed by atoms with van der Waals surface area (Å²) in [6.45, 7) is 15.8. The van der Waals surface area contributed by atoms with Crippen LogP contribution in [0.3, 0.4) is 0 Å². The highest BCUT2D eigenvalue weighted by atomic mass is 32.2. The van der Waals surface area contributed by atoms with Crippen LogP contribution in [0.2, 0.25) is 0 Å². The van der Waals surface area contributed by atoms with E-state index in [9.17, 15) is 47.9 Å². The summed E-state index contributed by atoms with van der Waals surface area (Å²) in [6, 6.07) is 43.1. The molecule has 6 aliphatic heterocycles. The van der Waals surface area contributed by atoms with Crippen LogP contribution in [0.15, 0.2) is 181 Å². The first-order valence-electron chi connectivity index (χ1n) is 47.5. The quantitative estimate of drug-likeness (QED) is 0.0130. The van der Waals surface area contributed by atoms with Gasteiger partial charge in [0.25, 0.3) is 27.8 Å². The lowest BCUT2D eigenvalue weighted by Gasteiger charge is -2.28. The zero-order chi connectivity index (χ0) is 99.3. The number of H-pyrrole nitrogens is 1. The lowest BCUT2D eigenvalue weighted by Crippen LogP contribution is -2.44. The Bertz CT molecular complexity index is 7010. The van der Waals surface area contributed by atoms with Gasteiger partial charge < -0.3 is 89.2 Å². The van der Waals surface area contributed by atoms with Gasteiger partial charge in [-0.25, -0.2) is 24.9 Å². The van der Waals surface area contributed by atoms with Crippen LogP contribution in [-0.4, -0.2) is 227 Å². The van der Waals surface area contributed by atoms with E-state index in [1.165, 1.54) is 95.2 Å². The number of hydrogen-bond donors (Lipinski definition) is 13. The number of aromatic amines is 1. The Morgan fingerprint density at radius 1 is 0.408 bits per heavy atom. The first-order chi connectivity index (χ1) is 68.9. The minimum Gasteiger partial charge on any atom is -0.356 e. The minimum atomic E-state index is -0.595. The maximum Gasteiger partial charge on any atom is 0.277 e. The van der Waals surface area contributed by atoms with E-state index < -0.39 is 12.1 Å². The molecule has 9 aromatic heterocycles. The Kier molecular flexibility index (Phi) is 34.3. The summed E-state index contributed by atoms with van der Waals surface area (Å²) in [6.07, 6.45) is 15.6. The smallest absolute Gasteiger partial charge is 0.277 e. The summed E-state index contributed by atoms with van der Waals surface area (Å²) in [5, 5.41) is 52.8. The topological polar surface area (TPSA) is 534 Å². The monoisotopic (exact) mass is 2020 g/mol. The van der Waals surface area contributed by atoms with Gasteiger partial charge in [0.15, 0.2) is 5.16 Å². The van der Waals surface area contributed by atoms with Crippen molar-refractivity contribution < 1.29 is 24.0 Å². The average molecular weight is 2020 g/mol. The van der Waals surface area contributed by atoms with Crippen LogP contribution < -0.4 is 112 Å². The van der Waals surface area contributed by atoms with Gasteiger partial charge in [-0.05, 0) is 196 Å². The molecular weight excluding hydrogens is 1910 g/mol. The second kappa shape index (κ2) is 48.1. The normalized spacial score (nSPS) is 15.5. The number of nitrogens with two attached hydrogens (primary N) is 3. The molecule has 0 radical (unpaired) electrons. The van der Waals surface area contributed by atoms with Gasteiger partial charge in [-0.15, -0.1) is 0 Å². The SMILES string of the molecule is CNCC(=O)Nc1cccc(C(=N)Sc2nc(N3CCNCC3)cc(=O)[nH]2)c1.C[C@@H](N)C(=O)Nc1cccc(-c2nn3c(=O)cc(N4CCCCC4)nc3s2)c1.C[C@H](N)C(=O)Nc1cccc(-c2nn3c(=O)cc(N4CCCCC4)nc3s2)c1.NCC(=O)Nc1cccc(-c2nn3c(=O)cc(N4CCCCC4)nc3s2)c1.O=C(Nc1cccc(-c2nn3c(=O)cc(N4CCCCC4)nc3s2)c1)C1CCNCC1. The highest BCUT2D eigenvalue weighted by molar-refractivity contribution is 8.14. The number of carbonyl (C=O) groups is 5. The molecular formula is C96H113N31O10S5. The van der Waals surface area contributed by atoms with Gasteiger partial charge in [0, 0.05) is 171 Å². The molecule has 15 heterocycles. The average Bonchev–Trinajstić information content (AvgIpc) is 1.65. The zero-order valence-electron chi connectivity index (χ0n) is 78.8. The molecule has 14 aromatic rings. The molecule has 0 saturated carbocycles. The lowest BCUT2D eigenvalue weighted by atomic mass is 9.97. The van der Waals surface area contributed by atoms with Crippen molar-refractivity contribution in [2.75, 3.05) is 163 Å². The van der Waals surface area contributed by atoms with Crippen LogP contribution >= 0.6 is 57.1 Å². The molecule has 46 heteroatoms. The van der Waals surface area contributed by atoms with Crippen molar-refractivity contribution in [3.63, 3.8) is 0 Å². The number of amides is 5. The number of nitrogens with one attached hydrogen (secondary N) is 10. The van der Waals surface area contributed by atoms with E-state index in [0.717, 1.165) is 219 Å². The molecule has 41 nitrogen and oxygen atoms in total. The molecule has 0 spiro atoms. The number of hydrogen-bond acceptors (Lipinski definition) is 36. The Balaban J connectivity index is 0.000000128. The standard InChI is InChI=1S/C22H26N6O2S.2C19H22N6O2S.C18H23N7O2S.C18H20N6O2S/c29-19-14-18(27-11-2-1-3-12-27)25-22-28(19)26-21(31-22)16-5-4-6-17(13-16)24-20(30)15-7-9-23-10-8-15;2*1-12(20)17(27)21-14-7-5-6-13(10-14)18-23-25-16(26)11-15(22-19(25)28-18)24-8-3-2-4-9-24;1-20-11-16(27)22-13-4-2-3-12(9-13)17(19)28-18-23-14(10-15(26)24-18)25-7-5-21-6-8-25;19-11-15(25)20-13-6-4-5-12(9-13)17-22-24-16(26)10-14(21-18(24)27-17)23-7-2-1-3-8-23/h4-6,13-15,23H,1-3,7-12H2,(H,24,30);2*5-7,10-12H,2-4,8-9,20H2,1H3,(H,21,27);2-4,9-10,19-21H,5-8,11H2,1H3,(H,22,27)(H,23,24,26);4-6,9-10H,1-3,7-8,11,19H2,(H,20,25)/t;2*12-;;/m.10../s1. The van der Waals surface area contributed by atoms with Gasteiger partial charge in [-0.2, -0.15) is 38.5 Å². The van der Waals surface area contributed by atoms with Crippen LogP contribution in [0.4, 0.5) is 57.5 Å². The summed E-state index contributed by atoms with van der Waals surface area (Å²) in [5.41, 5.74) is 22.7. The van der Waals surface area contributed by atoms with Crippen molar-refractivity contribution in [1.82, 2.24) is 84.3 Å². The van der Waals surface area contributed by atoms with E-state index >= 15 is 0 Å². The second-order valence-electron chi connectivity index (χ2n) is 34.8. The largest absolute Gasteiger partial charge is 0.356 e.